The van der Waals surface area contributed by atoms with Crippen LogP contribution in [0.15, 0.2) is 133 Å². The number of methoxy groups -OCH3 is 1. The molecule has 4 bridgehead atoms. The van der Waals surface area contributed by atoms with Gasteiger partial charge in [0, 0.05) is 23.3 Å². The van der Waals surface area contributed by atoms with Gasteiger partial charge >= 0.3 is 5.97 Å². The predicted octanol–water partition coefficient (Wildman–Crippen LogP) is 7.37. The highest BCUT2D eigenvalue weighted by Gasteiger charge is 2.80. The second kappa shape index (κ2) is 9.06. The van der Waals surface area contributed by atoms with E-state index in [1.54, 1.807) is 0 Å². The van der Waals surface area contributed by atoms with E-state index in [1.807, 2.05) is 66.7 Å². The van der Waals surface area contributed by atoms with E-state index >= 15 is 0 Å². The van der Waals surface area contributed by atoms with Gasteiger partial charge in [0.25, 0.3) is 0 Å². The molecule has 0 amide bonds. The van der Waals surface area contributed by atoms with Gasteiger partial charge in [-0.1, -0.05) is 115 Å². The fourth-order valence-corrected chi connectivity index (χ4v) is 7.43. The molecule has 3 nitrogen and oxygen atoms in total. The lowest BCUT2D eigenvalue weighted by Crippen LogP contribution is -2.30. The standard InChI is InChI=1S/C36H28O3/c1-39-35(38)27-19-17-25(18-20-27)32-28-21-22-29-33(36(29,32)34(37)26-15-9-4-10-16-26)31(28)30(23-11-5-2-6-12-23)24-13-7-3-8-14-24/h2-22,28-29,32-33H,1H3/t28?,29?,32-,33?,36?/m0/s1. The van der Waals surface area contributed by atoms with Crippen LogP contribution in [0.25, 0.3) is 5.57 Å². The van der Waals surface area contributed by atoms with Gasteiger partial charge in [-0.25, -0.2) is 4.79 Å². The molecule has 4 unspecified atom stereocenters. The van der Waals surface area contributed by atoms with E-state index in [0.29, 0.717) is 5.56 Å². The largest absolute Gasteiger partial charge is 0.465 e. The molecule has 4 aliphatic carbocycles. The van der Waals surface area contributed by atoms with Gasteiger partial charge in [-0.05, 0) is 45.9 Å². The Labute approximate surface area is 228 Å². The fourth-order valence-electron chi connectivity index (χ4n) is 7.43. The van der Waals surface area contributed by atoms with Gasteiger partial charge in [0.2, 0.25) is 0 Å². The third-order valence-corrected chi connectivity index (χ3v) is 8.94. The summed E-state index contributed by atoms with van der Waals surface area (Å²) in [6.45, 7) is 0. The molecule has 0 aromatic heterocycles. The maximum absolute atomic E-state index is 14.5. The first-order valence-corrected chi connectivity index (χ1v) is 13.5. The molecular weight excluding hydrogens is 480 g/mol. The van der Waals surface area contributed by atoms with E-state index in [-0.39, 0.29) is 35.4 Å². The molecule has 8 rings (SSSR count). The van der Waals surface area contributed by atoms with Crippen molar-refractivity contribution in [3.63, 3.8) is 0 Å². The molecule has 39 heavy (non-hydrogen) atoms. The van der Waals surface area contributed by atoms with Gasteiger partial charge < -0.3 is 4.74 Å². The van der Waals surface area contributed by atoms with Crippen LogP contribution >= 0.6 is 0 Å². The van der Waals surface area contributed by atoms with Crippen molar-refractivity contribution in [1.29, 1.82) is 0 Å². The van der Waals surface area contributed by atoms with Gasteiger partial charge in [0.1, 0.15) is 0 Å². The summed E-state index contributed by atoms with van der Waals surface area (Å²) >= 11 is 0. The highest BCUT2D eigenvalue weighted by Crippen LogP contribution is 2.82. The molecule has 2 fully saturated rings. The average molecular weight is 509 g/mol. The van der Waals surface area contributed by atoms with Gasteiger partial charge in [-0.2, -0.15) is 0 Å². The van der Waals surface area contributed by atoms with Crippen LogP contribution in [0.5, 0.6) is 0 Å². The first kappa shape index (κ1) is 23.6. The molecule has 5 atom stereocenters. The fraction of sp³-hybridized carbons (Fsp3) is 0.167. The lowest BCUT2D eigenvalue weighted by atomic mass is 9.68. The quantitative estimate of drug-likeness (QED) is 0.155. The monoisotopic (exact) mass is 508 g/mol. The molecule has 0 radical (unpaired) electrons. The van der Waals surface area contributed by atoms with Gasteiger partial charge in [0.05, 0.1) is 18.1 Å². The Bertz CT molecular complexity index is 1580. The lowest BCUT2D eigenvalue weighted by molar-refractivity contribution is 0.0600. The lowest BCUT2D eigenvalue weighted by Gasteiger charge is -2.34. The predicted molar refractivity (Wildman–Crippen MR) is 152 cm³/mol. The number of ketones is 1. The van der Waals surface area contributed by atoms with Crippen LogP contribution in [-0.4, -0.2) is 18.9 Å². The maximum atomic E-state index is 14.5. The van der Waals surface area contributed by atoms with Crippen molar-refractivity contribution in [2.75, 3.05) is 7.11 Å². The van der Waals surface area contributed by atoms with Crippen LogP contribution in [0.1, 0.15) is 43.3 Å². The zero-order chi connectivity index (χ0) is 26.6. The smallest absolute Gasteiger partial charge is 0.337 e. The van der Waals surface area contributed by atoms with Crippen LogP contribution in [-0.2, 0) is 4.74 Å². The Morgan fingerprint density at radius 1 is 0.615 bits per heavy atom. The average Bonchev–Trinajstić information content (AvgIpc) is 3.63. The minimum atomic E-state index is -0.544. The second-order valence-corrected chi connectivity index (χ2v) is 10.7. The van der Waals surface area contributed by atoms with Crippen molar-refractivity contribution in [3.8, 4) is 0 Å². The number of carbonyl (C=O) groups is 2. The minimum absolute atomic E-state index is 0.0191. The van der Waals surface area contributed by atoms with Gasteiger partial charge in [-0.3, -0.25) is 4.79 Å². The molecule has 2 saturated carbocycles. The summed E-state index contributed by atoms with van der Waals surface area (Å²) in [5, 5.41) is 0. The molecule has 0 N–H and O–H groups in total. The van der Waals surface area contributed by atoms with Crippen LogP contribution < -0.4 is 0 Å². The molecule has 4 aromatic carbocycles. The van der Waals surface area contributed by atoms with E-state index < -0.39 is 5.41 Å². The Morgan fingerprint density at radius 3 is 1.69 bits per heavy atom. The molecule has 0 saturated heterocycles. The Balaban J connectivity index is 1.46. The number of hydrogen-bond donors (Lipinski definition) is 0. The van der Waals surface area contributed by atoms with Crippen LogP contribution in [0.4, 0.5) is 0 Å². The van der Waals surface area contributed by atoms with Gasteiger partial charge in [0.15, 0.2) is 5.78 Å². The summed E-state index contributed by atoms with van der Waals surface area (Å²) in [5.74, 6) is 0.176. The van der Waals surface area contributed by atoms with Crippen molar-refractivity contribution in [2.24, 2.45) is 23.2 Å². The minimum Gasteiger partial charge on any atom is -0.465 e. The topological polar surface area (TPSA) is 43.4 Å². The van der Waals surface area contributed by atoms with Crippen LogP contribution in [0.3, 0.4) is 0 Å². The van der Waals surface area contributed by atoms with Crippen molar-refractivity contribution in [1.82, 2.24) is 0 Å². The number of Topliss-reactive ketones (excluding diaryl/α,β-unsaturated/α-hetero) is 1. The number of rotatable bonds is 6. The number of hydrogen-bond acceptors (Lipinski definition) is 3. The van der Waals surface area contributed by atoms with E-state index in [1.165, 1.54) is 29.4 Å². The molecule has 0 aliphatic heterocycles. The van der Waals surface area contributed by atoms with Crippen molar-refractivity contribution < 1.29 is 14.3 Å². The van der Waals surface area contributed by atoms with Crippen molar-refractivity contribution in [2.45, 2.75) is 5.92 Å². The summed E-state index contributed by atoms with van der Waals surface area (Å²) in [7, 11) is 1.39. The third kappa shape index (κ3) is 3.43. The zero-order valence-corrected chi connectivity index (χ0v) is 21.7. The Morgan fingerprint density at radius 2 is 1.15 bits per heavy atom. The first-order chi connectivity index (χ1) is 19.2. The summed E-state index contributed by atoms with van der Waals surface area (Å²) in [6.07, 6.45) is 4.61. The zero-order valence-electron chi connectivity index (χ0n) is 21.7. The first-order valence-electron chi connectivity index (χ1n) is 13.5. The number of ether oxygens (including phenoxy) is 1. The Hall–Kier alpha value is -4.50. The summed E-state index contributed by atoms with van der Waals surface area (Å²) in [6, 6.07) is 38.5. The van der Waals surface area contributed by atoms with E-state index in [9.17, 15) is 9.59 Å². The number of allylic oxidation sites excluding steroid dienone is 3. The van der Waals surface area contributed by atoms with Gasteiger partial charge in [-0.15, -0.1) is 0 Å². The molecular formula is C36H28O3. The molecule has 0 heterocycles. The maximum Gasteiger partial charge on any atom is 0.337 e. The van der Waals surface area contributed by atoms with Crippen LogP contribution in [0.2, 0.25) is 0 Å². The summed E-state index contributed by atoms with van der Waals surface area (Å²) in [4.78, 5) is 26.7. The van der Waals surface area contributed by atoms with Crippen molar-refractivity contribution in [3.05, 3.63) is 161 Å². The molecule has 4 aliphatic rings. The highest BCUT2D eigenvalue weighted by atomic mass is 16.5. The normalized spacial score (nSPS) is 25.7. The number of benzene rings is 4. The highest BCUT2D eigenvalue weighted by molar-refractivity contribution is 6.07. The second-order valence-electron chi connectivity index (χ2n) is 10.7. The Kier molecular flexibility index (Phi) is 5.48. The summed E-state index contributed by atoms with van der Waals surface area (Å²) < 4.78 is 4.93. The van der Waals surface area contributed by atoms with Crippen molar-refractivity contribution >= 4 is 17.3 Å². The summed E-state index contributed by atoms with van der Waals surface area (Å²) in [5.41, 5.74) is 6.75. The van der Waals surface area contributed by atoms with Crippen LogP contribution in [0, 0.1) is 23.2 Å². The number of esters is 1. The van der Waals surface area contributed by atoms with E-state index in [4.69, 9.17) is 4.74 Å². The van der Waals surface area contributed by atoms with E-state index in [2.05, 4.69) is 60.7 Å². The molecule has 0 spiro atoms. The molecule has 190 valence electrons. The van der Waals surface area contributed by atoms with E-state index in [0.717, 1.165) is 11.1 Å². The SMILES string of the molecule is COC(=O)c1ccc([C@H]2C3C=CC4C(C3=C(c3ccccc3)c3ccccc3)C42C(=O)c2ccccc2)cc1. The third-order valence-electron chi connectivity index (χ3n) is 8.94. The molecule has 3 heteroatoms. The molecule has 4 aromatic rings. The number of carbonyl (C=O) groups excluding carboxylic acids is 2.